The van der Waals surface area contributed by atoms with E-state index in [9.17, 15) is 14.0 Å². The van der Waals surface area contributed by atoms with E-state index in [0.29, 0.717) is 50.0 Å². The molecule has 6 heteroatoms. The summed E-state index contributed by atoms with van der Waals surface area (Å²) in [5.74, 6) is -0.329. The van der Waals surface area contributed by atoms with Crippen LogP contribution in [-0.2, 0) is 22.4 Å². The van der Waals surface area contributed by atoms with Gasteiger partial charge in [-0.1, -0.05) is 37.3 Å². The van der Waals surface area contributed by atoms with Gasteiger partial charge in [-0.3, -0.25) is 4.79 Å². The quantitative estimate of drug-likeness (QED) is 0.402. The molecule has 1 heterocycles. The van der Waals surface area contributed by atoms with Crippen molar-refractivity contribution in [1.29, 1.82) is 0 Å². The molecule has 1 aliphatic heterocycles. The Morgan fingerprint density at radius 2 is 1.94 bits per heavy atom. The first-order valence-corrected chi connectivity index (χ1v) is 10.8. The van der Waals surface area contributed by atoms with Crippen LogP contribution in [0.3, 0.4) is 0 Å². The normalized spacial score (nSPS) is 17.5. The van der Waals surface area contributed by atoms with Crippen LogP contribution in [0.4, 0.5) is 9.18 Å². The smallest absolute Gasteiger partial charge is 0.410 e. The molecule has 5 nitrogen and oxygen atoms in total. The van der Waals surface area contributed by atoms with Crippen LogP contribution in [0, 0.1) is 5.82 Å². The molecule has 1 aliphatic rings. The van der Waals surface area contributed by atoms with Gasteiger partial charge in [0.2, 0.25) is 0 Å². The summed E-state index contributed by atoms with van der Waals surface area (Å²) in [4.78, 5) is 26.0. The molecule has 1 atom stereocenters. The molecule has 1 fully saturated rings. The molecule has 2 aromatic carbocycles. The van der Waals surface area contributed by atoms with Crippen LogP contribution < -0.4 is 4.74 Å². The van der Waals surface area contributed by atoms with Crippen LogP contribution in [0.5, 0.6) is 5.75 Å². The second-order valence-electron chi connectivity index (χ2n) is 8.45. The lowest BCUT2D eigenvalue weighted by Crippen LogP contribution is -2.43. The maximum Gasteiger partial charge on any atom is 0.410 e. The highest BCUT2D eigenvalue weighted by Crippen LogP contribution is 2.32. The van der Waals surface area contributed by atoms with Crippen LogP contribution in [0.15, 0.2) is 48.5 Å². The number of hydrogen-bond acceptors (Lipinski definition) is 4. The van der Waals surface area contributed by atoms with Crippen molar-refractivity contribution in [2.24, 2.45) is 0 Å². The number of rotatable bonds is 9. The molecule has 0 aliphatic carbocycles. The summed E-state index contributed by atoms with van der Waals surface area (Å²) in [5, 5.41) is 0. The zero-order valence-corrected chi connectivity index (χ0v) is 18.4. The summed E-state index contributed by atoms with van der Waals surface area (Å²) in [5.41, 5.74) is 0.996. The van der Waals surface area contributed by atoms with Crippen molar-refractivity contribution in [3.63, 3.8) is 0 Å². The first-order chi connectivity index (χ1) is 14.8. The van der Waals surface area contributed by atoms with E-state index in [-0.39, 0.29) is 23.9 Å². The molecule has 0 saturated carbocycles. The highest BCUT2D eigenvalue weighted by Gasteiger charge is 2.47. The molecule has 0 N–H and O–H groups in total. The molecular formula is C25H30FNO4. The molecular weight excluding hydrogens is 397 g/mol. The van der Waals surface area contributed by atoms with Crippen molar-refractivity contribution in [2.45, 2.75) is 64.5 Å². The molecule has 0 radical (unpaired) electrons. The van der Waals surface area contributed by atoms with E-state index in [2.05, 4.69) is 0 Å². The van der Waals surface area contributed by atoms with E-state index in [0.717, 1.165) is 5.56 Å². The first-order valence-electron chi connectivity index (χ1n) is 10.8. The van der Waals surface area contributed by atoms with Crippen LogP contribution >= 0.6 is 0 Å². The number of halogens is 1. The minimum absolute atomic E-state index is 0.103. The van der Waals surface area contributed by atoms with E-state index < -0.39 is 5.60 Å². The summed E-state index contributed by atoms with van der Waals surface area (Å²) in [6.07, 6.45) is 2.36. The van der Waals surface area contributed by atoms with Gasteiger partial charge in [0.05, 0.1) is 6.04 Å². The van der Waals surface area contributed by atoms with Crippen molar-refractivity contribution in [2.75, 3.05) is 6.54 Å². The minimum atomic E-state index is -0.606. The zero-order valence-electron chi connectivity index (χ0n) is 18.4. The Hall–Kier alpha value is -2.89. The number of aryl methyl sites for hydroxylation is 1. The van der Waals surface area contributed by atoms with Gasteiger partial charge < -0.3 is 14.4 Å². The van der Waals surface area contributed by atoms with E-state index in [1.807, 2.05) is 51.1 Å². The molecule has 0 bridgehead atoms. The Kier molecular flexibility index (Phi) is 7.31. The van der Waals surface area contributed by atoms with E-state index in [1.165, 1.54) is 12.1 Å². The van der Waals surface area contributed by atoms with Crippen LogP contribution in [-0.4, -0.2) is 35.2 Å². The maximum atomic E-state index is 14.3. The van der Waals surface area contributed by atoms with Crippen molar-refractivity contribution < 1.29 is 23.5 Å². The molecule has 1 saturated heterocycles. The molecule has 166 valence electrons. The van der Waals surface area contributed by atoms with Gasteiger partial charge in [-0.25, -0.2) is 9.18 Å². The topological polar surface area (TPSA) is 55.8 Å². The fourth-order valence-electron chi connectivity index (χ4n) is 3.93. The standard InChI is InChI=1S/C25H30FNO4/c1-4-9-23(28)30-20-13-14-21(26)19(17-20)12-8-15-27-22(25(2,3)31-24(27)29)16-18-10-6-5-7-11-18/h5-7,10-11,13-14,17,22H,4,8-9,12,15-16H2,1-3H3. The van der Waals surface area contributed by atoms with Gasteiger partial charge in [0, 0.05) is 13.0 Å². The van der Waals surface area contributed by atoms with E-state index in [4.69, 9.17) is 9.47 Å². The van der Waals surface area contributed by atoms with Gasteiger partial charge in [-0.15, -0.1) is 0 Å². The van der Waals surface area contributed by atoms with E-state index in [1.54, 1.807) is 11.0 Å². The monoisotopic (exact) mass is 427 g/mol. The lowest BCUT2D eigenvalue weighted by atomic mass is 9.92. The lowest BCUT2D eigenvalue weighted by molar-refractivity contribution is -0.134. The van der Waals surface area contributed by atoms with Gasteiger partial charge >= 0.3 is 12.1 Å². The largest absolute Gasteiger partial charge is 0.441 e. The predicted molar refractivity (Wildman–Crippen MR) is 116 cm³/mol. The van der Waals surface area contributed by atoms with Crippen molar-refractivity contribution in [3.05, 3.63) is 65.5 Å². The van der Waals surface area contributed by atoms with Gasteiger partial charge in [0.1, 0.15) is 17.2 Å². The second-order valence-corrected chi connectivity index (χ2v) is 8.45. The average molecular weight is 428 g/mol. The molecule has 1 amide bonds. The van der Waals surface area contributed by atoms with Gasteiger partial charge in [0.15, 0.2) is 0 Å². The second kappa shape index (κ2) is 9.94. The minimum Gasteiger partial charge on any atom is -0.441 e. The first kappa shape index (κ1) is 22.8. The van der Waals surface area contributed by atoms with Crippen LogP contribution in [0.1, 0.15) is 51.2 Å². The van der Waals surface area contributed by atoms with Crippen molar-refractivity contribution in [3.8, 4) is 5.75 Å². The average Bonchev–Trinajstić information content (AvgIpc) is 2.93. The fourth-order valence-corrected chi connectivity index (χ4v) is 3.93. The Bertz CT molecular complexity index is 913. The Balaban J connectivity index is 1.64. The zero-order chi connectivity index (χ0) is 22.4. The van der Waals surface area contributed by atoms with Crippen molar-refractivity contribution in [1.82, 2.24) is 4.90 Å². The predicted octanol–water partition coefficient (Wildman–Crippen LogP) is 5.31. The molecule has 31 heavy (non-hydrogen) atoms. The summed E-state index contributed by atoms with van der Waals surface area (Å²) >= 11 is 0. The Morgan fingerprint density at radius 1 is 1.19 bits per heavy atom. The third-order valence-electron chi connectivity index (χ3n) is 5.58. The number of carbonyl (C=O) groups excluding carboxylic acids is 2. The highest BCUT2D eigenvalue weighted by atomic mass is 19.1. The summed E-state index contributed by atoms with van der Waals surface area (Å²) in [6.45, 7) is 6.20. The third-order valence-corrected chi connectivity index (χ3v) is 5.58. The number of esters is 1. The number of amides is 1. The molecule has 1 unspecified atom stereocenters. The Morgan fingerprint density at radius 3 is 2.65 bits per heavy atom. The molecule has 2 aromatic rings. The number of carbonyl (C=O) groups is 2. The molecule has 0 aromatic heterocycles. The third kappa shape index (κ3) is 5.84. The number of hydrogen-bond donors (Lipinski definition) is 0. The summed E-state index contributed by atoms with van der Waals surface area (Å²) in [7, 11) is 0. The van der Waals surface area contributed by atoms with Crippen LogP contribution in [0.2, 0.25) is 0 Å². The van der Waals surface area contributed by atoms with Gasteiger partial charge in [-0.05, 0) is 68.9 Å². The van der Waals surface area contributed by atoms with Gasteiger partial charge in [-0.2, -0.15) is 0 Å². The number of cyclic esters (lactones) is 1. The number of benzene rings is 2. The highest BCUT2D eigenvalue weighted by molar-refractivity contribution is 5.72. The van der Waals surface area contributed by atoms with Crippen molar-refractivity contribution >= 4 is 12.1 Å². The summed E-state index contributed by atoms with van der Waals surface area (Å²) < 4.78 is 25.2. The Labute approximate surface area is 183 Å². The van der Waals surface area contributed by atoms with Crippen LogP contribution in [0.25, 0.3) is 0 Å². The van der Waals surface area contributed by atoms with E-state index >= 15 is 0 Å². The van der Waals surface area contributed by atoms with Gasteiger partial charge in [0.25, 0.3) is 0 Å². The number of nitrogens with zero attached hydrogens (tertiary/aromatic N) is 1. The molecule has 0 spiro atoms. The summed E-state index contributed by atoms with van der Waals surface area (Å²) in [6, 6.07) is 14.2. The molecule has 3 rings (SSSR count). The lowest BCUT2D eigenvalue weighted by Gasteiger charge is -2.29. The fraction of sp³-hybridized carbons (Fsp3) is 0.440. The SMILES string of the molecule is CCCC(=O)Oc1ccc(F)c(CCCN2C(=O)OC(C)(C)C2Cc2ccccc2)c1. The maximum absolute atomic E-state index is 14.3. The number of ether oxygens (including phenoxy) is 2.